The molecule has 0 amide bonds. The van der Waals surface area contributed by atoms with Crippen LogP contribution in [0.25, 0.3) is 0 Å². The molecule has 1 saturated carbocycles. The van der Waals surface area contributed by atoms with Crippen molar-refractivity contribution < 1.29 is 13.5 Å². The van der Waals surface area contributed by atoms with Crippen LogP contribution in [0.4, 0.5) is 17.3 Å². The Labute approximate surface area is 207 Å². The molecule has 0 aromatic carbocycles. The molecule has 1 aliphatic carbocycles. The predicted octanol–water partition coefficient (Wildman–Crippen LogP) is 5.83. The number of nitrogens with zero attached hydrogens (tertiary/aromatic N) is 3. The van der Waals surface area contributed by atoms with Gasteiger partial charge >= 0.3 is 0 Å². The van der Waals surface area contributed by atoms with Gasteiger partial charge in [0.25, 0.3) is 10.0 Å². The first-order chi connectivity index (χ1) is 15.6. The Bertz CT molecular complexity index is 1210. The average Bonchev–Trinajstić information content (AvgIpc) is 3.13. The Hall–Kier alpha value is -1.73. The zero-order valence-electron chi connectivity index (χ0n) is 19.2. The second-order valence-electron chi connectivity index (χ2n) is 8.93. The van der Waals surface area contributed by atoms with Crippen molar-refractivity contribution in [3.63, 3.8) is 0 Å². The van der Waals surface area contributed by atoms with E-state index in [1.165, 1.54) is 14.7 Å². The van der Waals surface area contributed by atoms with Gasteiger partial charge in [-0.2, -0.15) is 13.1 Å². The third kappa shape index (κ3) is 5.04. The second kappa shape index (κ2) is 9.49. The molecule has 1 atom stereocenters. The molecule has 0 radical (unpaired) electrons. The van der Waals surface area contributed by atoms with Gasteiger partial charge in [0, 0.05) is 23.3 Å². The van der Waals surface area contributed by atoms with Crippen molar-refractivity contribution in [2.45, 2.75) is 62.7 Å². The molecule has 0 spiro atoms. The summed E-state index contributed by atoms with van der Waals surface area (Å²) in [6.45, 7) is 8.66. The molecule has 0 unspecified atom stereocenters. The highest BCUT2D eigenvalue weighted by Gasteiger charge is 2.38. The number of sulfonamides is 1. The molecular formula is C21H29N5O3S4. The minimum Gasteiger partial charge on any atom is -0.504 e. The quantitative estimate of drug-likeness (QED) is 0.305. The lowest BCUT2D eigenvalue weighted by molar-refractivity contribution is 0.445. The summed E-state index contributed by atoms with van der Waals surface area (Å²) in [6, 6.07) is 2.30. The molecule has 3 heterocycles. The predicted molar refractivity (Wildman–Crippen MR) is 137 cm³/mol. The van der Waals surface area contributed by atoms with Crippen LogP contribution in [0, 0.1) is 5.92 Å². The first-order valence-electron chi connectivity index (χ1n) is 10.8. The minimum absolute atomic E-state index is 0.0212. The SMILES string of the molecule is CC(C)c1csc([C@H](Nc2nsnc2Nc2csc(S(=O)(=O)N(C)C3CC3)c2O)C(C)C)c1. The van der Waals surface area contributed by atoms with Crippen molar-refractivity contribution in [2.24, 2.45) is 5.92 Å². The van der Waals surface area contributed by atoms with Gasteiger partial charge < -0.3 is 15.7 Å². The summed E-state index contributed by atoms with van der Waals surface area (Å²) >= 11 is 3.78. The molecule has 12 heteroatoms. The van der Waals surface area contributed by atoms with Crippen molar-refractivity contribution in [1.82, 2.24) is 13.1 Å². The van der Waals surface area contributed by atoms with Crippen molar-refractivity contribution in [1.29, 1.82) is 0 Å². The van der Waals surface area contributed by atoms with Crippen molar-refractivity contribution >= 4 is 61.7 Å². The van der Waals surface area contributed by atoms with Crippen LogP contribution in [0.1, 0.15) is 62.9 Å². The molecular weight excluding hydrogens is 499 g/mol. The number of hydrogen-bond donors (Lipinski definition) is 3. The third-order valence-electron chi connectivity index (χ3n) is 5.72. The number of hydrogen-bond acceptors (Lipinski definition) is 10. The van der Waals surface area contributed by atoms with Crippen LogP contribution in [0.5, 0.6) is 5.75 Å². The molecule has 1 fully saturated rings. The average molecular weight is 528 g/mol. The van der Waals surface area contributed by atoms with E-state index in [0.717, 1.165) is 35.9 Å². The first-order valence-corrected chi connectivity index (χ1v) is 14.8. The van der Waals surface area contributed by atoms with Crippen molar-refractivity contribution in [3.8, 4) is 5.75 Å². The lowest BCUT2D eigenvalue weighted by atomic mass is 10.00. The molecule has 0 saturated heterocycles. The van der Waals surface area contributed by atoms with E-state index in [0.29, 0.717) is 29.2 Å². The largest absolute Gasteiger partial charge is 0.504 e. The Kier molecular flexibility index (Phi) is 7.02. The topological polar surface area (TPSA) is 107 Å². The van der Waals surface area contributed by atoms with E-state index in [2.05, 4.69) is 58.5 Å². The van der Waals surface area contributed by atoms with E-state index >= 15 is 0 Å². The molecule has 0 aliphatic heterocycles. The van der Waals surface area contributed by atoms with E-state index < -0.39 is 10.0 Å². The Balaban J connectivity index is 1.55. The molecule has 3 N–H and O–H groups in total. The summed E-state index contributed by atoms with van der Waals surface area (Å²) in [5.41, 5.74) is 1.61. The highest BCUT2D eigenvalue weighted by Crippen LogP contribution is 2.43. The lowest BCUT2D eigenvalue weighted by Gasteiger charge is -2.21. The third-order valence-corrected chi connectivity index (χ3v) is 10.7. The number of anilines is 3. The zero-order chi connectivity index (χ0) is 23.9. The van der Waals surface area contributed by atoms with Gasteiger partial charge in [0.15, 0.2) is 21.6 Å². The summed E-state index contributed by atoms with van der Waals surface area (Å²) in [4.78, 5) is 1.22. The maximum absolute atomic E-state index is 12.9. The molecule has 0 bridgehead atoms. The highest BCUT2D eigenvalue weighted by molar-refractivity contribution is 7.91. The van der Waals surface area contributed by atoms with Gasteiger partial charge in [0.1, 0.15) is 0 Å². The highest BCUT2D eigenvalue weighted by atomic mass is 32.2. The lowest BCUT2D eigenvalue weighted by Crippen LogP contribution is -2.28. The molecule has 8 nitrogen and oxygen atoms in total. The fraction of sp³-hybridized carbons (Fsp3) is 0.524. The molecule has 3 aromatic heterocycles. The van der Waals surface area contributed by atoms with E-state index in [1.54, 1.807) is 23.8 Å². The summed E-state index contributed by atoms with van der Waals surface area (Å²) in [5, 5.41) is 21.0. The monoisotopic (exact) mass is 527 g/mol. The van der Waals surface area contributed by atoms with E-state index in [4.69, 9.17) is 0 Å². The van der Waals surface area contributed by atoms with E-state index in [-0.39, 0.29) is 22.0 Å². The number of aromatic nitrogens is 2. The van der Waals surface area contributed by atoms with Gasteiger partial charge in [-0.15, -0.1) is 22.7 Å². The molecule has 33 heavy (non-hydrogen) atoms. The van der Waals surface area contributed by atoms with Crippen LogP contribution in [0.2, 0.25) is 0 Å². The summed E-state index contributed by atoms with van der Waals surface area (Å²) < 4.78 is 35.7. The Morgan fingerprint density at radius 3 is 2.42 bits per heavy atom. The number of aromatic hydroxyl groups is 1. The van der Waals surface area contributed by atoms with Crippen LogP contribution in [-0.4, -0.2) is 39.7 Å². The van der Waals surface area contributed by atoms with Crippen LogP contribution in [-0.2, 0) is 10.0 Å². The first kappa shape index (κ1) is 24.4. The summed E-state index contributed by atoms with van der Waals surface area (Å²) in [7, 11) is -2.17. The maximum atomic E-state index is 12.9. The van der Waals surface area contributed by atoms with Crippen LogP contribution in [0.15, 0.2) is 21.0 Å². The standard InChI is InChI=1S/C21H29N5O3S4/c1-11(2)13-8-16(30-9-13)17(12(3)4)23-20-19(24-32-25-20)22-15-10-31-21(18(15)27)33(28,29)26(5)14-6-7-14/h8-12,14,17,27H,6-7H2,1-5H3,(H,22,24)(H,23,25)/t17-/m1/s1. The van der Waals surface area contributed by atoms with Crippen LogP contribution < -0.4 is 10.6 Å². The van der Waals surface area contributed by atoms with Gasteiger partial charge in [-0.05, 0) is 41.7 Å². The summed E-state index contributed by atoms with van der Waals surface area (Å²) in [5.74, 6) is 1.52. The maximum Gasteiger partial charge on any atom is 0.256 e. The summed E-state index contributed by atoms with van der Waals surface area (Å²) in [6.07, 6.45) is 1.71. The number of nitrogens with one attached hydrogen (secondary N) is 2. The molecule has 4 rings (SSSR count). The van der Waals surface area contributed by atoms with Gasteiger partial charge in [-0.3, -0.25) is 0 Å². The van der Waals surface area contributed by atoms with Crippen LogP contribution >= 0.6 is 34.4 Å². The van der Waals surface area contributed by atoms with E-state index in [1.807, 2.05) is 0 Å². The normalized spacial score (nSPS) is 15.5. The molecule has 1 aliphatic rings. The van der Waals surface area contributed by atoms with Gasteiger partial charge in [0.05, 0.1) is 23.5 Å². The van der Waals surface area contributed by atoms with Crippen molar-refractivity contribution in [3.05, 3.63) is 27.3 Å². The fourth-order valence-corrected chi connectivity index (χ4v) is 8.00. The van der Waals surface area contributed by atoms with Gasteiger partial charge in [-0.1, -0.05) is 27.7 Å². The van der Waals surface area contributed by atoms with E-state index in [9.17, 15) is 13.5 Å². The minimum atomic E-state index is -3.73. The number of rotatable bonds is 10. The molecule has 180 valence electrons. The van der Waals surface area contributed by atoms with Gasteiger partial charge in [0.2, 0.25) is 0 Å². The number of thiophene rings is 2. The van der Waals surface area contributed by atoms with Gasteiger partial charge in [-0.25, -0.2) is 8.42 Å². The fourth-order valence-electron chi connectivity index (χ4n) is 3.41. The second-order valence-corrected chi connectivity index (χ2v) is 13.5. The van der Waals surface area contributed by atoms with Crippen molar-refractivity contribution in [2.75, 3.05) is 17.7 Å². The Morgan fingerprint density at radius 1 is 1.12 bits per heavy atom. The zero-order valence-corrected chi connectivity index (χ0v) is 22.5. The van der Waals surface area contributed by atoms with Crippen LogP contribution in [0.3, 0.4) is 0 Å². The smallest absolute Gasteiger partial charge is 0.256 e. The molecule has 3 aromatic rings. The Morgan fingerprint density at radius 2 is 1.82 bits per heavy atom.